The van der Waals surface area contributed by atoms with Gasteiger partial charge in [-0.15, -0.1) is 0 Å². The molecule has 4 aromatic rings. The lowest BCUT2D eigenvalue weighted by Crippen LogP contribution is -2.48. The molecule has 3 aromatic carbocycles. The first-order valence-corrected chi connectivity index (χ1v) is 11.6. The van der Waals surface area contributed by atoms with E-state index in [1.165, 1.54) is 5.69 Å². The molecule has 0 atom stereocenters. The molecule has 1 fully saturated rings. The molecule has 5 rings (SSSR count). The number of hydrogen-bond acceptors (Lipinski definition) is 4. The Labute approximate surface area is 199 Å². The third kappa shape index (κ3) is 3.75. The van der Waals surface area contributed by atoms with E-state index >= 15 is 0 Å². The van der Waals surface area contributed by atoms with Gasteiger partial charge in [-0.1, -0.05) is 36.4 Å². The third-order valence-corrected chi connectivity index (χ3v) is 6.61. The zero-order valence-corrected chi connectivity index (χ0v) is 19.2. The minimum atomic E-state index is 0.0333. The van der Waals surface area contributed by atoms with Gasteiger partial charge in [-0.2, -0.15) is 5.26 Å². The van der Waals surface area contributed by atoms with Gasteiger partial charge in [-0.05, 0) is 48.9 Å². The van der Waals surface area contributed by atoms with Gasteiger partial charge in [0.1, 0.15) is 6.07 Å². The Bertz CT molecular complexity index is 1370. The van der Waals surface area contributed by atoms with E-state index in [1.807, 2.05) is 65.6 Å². The molecule has 1 aliphatic heterocycles. The Morgan fingerprint density at radius 3 is 2.32 bits per heavy atom. The number of aryl methyl sites for hydroxylation is 1. The van der Waals surface area contributed by atoms with Gasteiger partial charge >= 0.3 is 0 Å². The molecule has 170 valence electrons. The zero-order valence-electron chi connectivity index (χ0n) is 19.2. The lowest BCUT2D eigenvalue weighted by Gasteiger charge is -2.36. The van der Waals surface area contributed by atoms with E-state index in [-0.39, 0.29) is 5.91 Å². The van der Waals surface area contributed by atoms with Gasteiger partial charge in [0.05, 0.1) is 16.8 Å². The lowest BCUT2D eigenvalue weighted by molar-refractivity contribution is 0.0747. The number of piperazine rings is 1. The first kappa shape index (κ1) is 21.6. The van der Waals surface area contributed by atoms with Gasteiger partial charge < -0.3 is 20.1 Å². The highest BCUT2D eigenvalue weighted by Gasteiger charge is 2.24. The van der Waals surface area contributed by atoms with Crippen molar-refractivity contribution in [3.8, 4) is 17.3 Å². The van der Waals surface area contributed by atoms with Gasteiger partial charge in [-0.25, -0.2) is 0 Å². The largest absolute Gasteiger partial charge is 0.399 e. The summed E-state index contributed by atoms with van der Waals surface area (Å²) in [6.45, 7) is 5.72. The van der Waals surface area contributed by atoms with E-state index in [1.54, 1.807) is 0 Å². The molecule has 2 N–H and O–H groups in total. The monoisotopic (exact) mass is 449 g/mol. The Kier molecular flexibility index (Phi) is 5.69. The maximum Gasteiger partial charge on any atom is 0.254 e. The summed E-state index contributed by atoms with van der Waals surface area (Å²) in [7, 11) is 0. The molecule has 1 amide bonds. The lowest BCUT2D eigenvalue weighted by atomic mass is 10.0. The number of carbonyl (C=O) groups is 1. The van der Waals surface area contributed by atoms with Crippen LogP contribution >= 0.6 is 0 Å². The molecule has 1 saturated heterocycles. The van der Waals surface area contributed by atoms with Crippen molar-refractivity contribution >= 4 is 28.2 Å². The molecule has 34 heavy (non-hydrogen) atoms. The number of carbonyl (C=O) groups excluding carboxylic acids is 1. The summed E-state index contributed by atoms with van der Waals surface area (Å²) in [5.74, 6) is 0.0333. The van der Waals surface area contributed by atoms with Crippen molar-refractivity contribution in [2.24, 2.45) is 0 Å². The highest BCUT2D eigenvalue weighted by atomic mass is 16.2. The van der Waals surface area contributed by atoms with Crippen molar-refractivity contribution in [2.75, 3.05) is 36.8 Å². The maximum atomic E-state index is 13.4. The predicted molar refractivity (Wildman–Crippen MR) is 137 cm³/mol. The molecule has 1 aromatic heterocycles. The summed E-state index contributed by atoms with van der Waals surface area (Å²) >= 11 is 0. The van der Waals surface area contributed by atoms with Crippen molar-refractivity contribution in [1.82, 2.24) is 9.47 Å². The predicted octanol–water partition coefficient (Wildman–Crippen LogP) is 4.74. The molecular weight excluding hydrogens is 422 g/mol. The normalized spacial score (nSPS) is 13.8. The molecular formula is C28H27N5O. The summed E-state index contributed by atoms with van der Waals surface area (Å²) in [5, 5.41) is 10.8. The van der Waals surface area contributed by atoms with E-state index < -0.39 is 0 Å². The van der Waals surface area contributed by atoms with Crippen LogP contribution in [0.5, 0.6) is 0 Å². The highest BCUT2D eigenvalue weighted by Crippen LogP contribution is 2.34. The molecule has 1 aliphatic rings. The van der Waals surface area contributed by atoms with Gasteiger partial charge in [-0.3, -0.25) is 4.79 Å². The molecule has 2 heterocycles. The van der Waals surface area contributed by atoms with E-state index in [0.717, 1.165) is 35.2 Å². The minimum Gasteiger partial charge on any atom is -0.399 e. The number of amides is 1. The second-order valence-electron chi connectivity index (χ2n) is 8.55. The van der Waals surface area contributed by atoms with E-state index in [4.69, 9.17) is 5.73 Å². The number of nitriles is 1. The van der Waals surface area contributed by atoms with Gasteiger partial charge in [0.2, 0.25) is 0 Å². The fourth-order valence-electron chi connectivity index (χ4n) is 4.85. The number of anilines is 2. The number of para-hydroxylation sites is 1. The smallest absolute Gasteiger partial charge is 0.254 e. The summed E-state index contributed by atoms with van der Waals surface area (Å²) in [6.07, 6.45) is 0. The van der Waals surface area contributed by atoms with Crippen LogP contribution in [0.15, 0.2) is 72.8 Å². The average Bonchev–Trinajstić information content (AvgIpc) is 3.22. The van der Waals surface area contributed by atoms with Crippen LogP contribution in [0.3, 0.4) is 0 Å². The Morgan fingerprint density at radius 2 is 1.68 bits per heavy atom. The summed E-state index contributed by atoms with van der Waals surface area (Å²) in [6, 6.07) is 26.0. The van der Waals surface area contributed by atoms with Crippen LogP contribution in [0.4, 0.5) is 11.4 Å². The fraction of sp³-hybridized carbons (Fsp3) is 0.214. The second kappa shape index (κ2) is 8.95. The van der Waals surface area contributed by atoms with Crippen LogP contribution in [-0.2, 0) is 6.54 Å². The van der Waals surface area contributed by atoms with Crippen LogP contribution in [-0.4, -0.2) is 41.6 Å². The number of benzene rings is 3. The van der Waals surface area contributed by atoms with Crippen molar-refractivity contribution in [2.45, 2.75) is 13.5 Å². The number of nitrogens with zero attached hydrogens (tertiary/aromatic N) is 4. The Balaban J connectivity index is 1.45. The maximum absolute atomic E-state index is 13.4. The molecule has 0 aliphatic carbocycles. The van der Waals surface area contributed by atoms with E-state index in [9.17, 15) is 10.1 Å². The SMILES string of the molecule is CCn1c(-c2ccc(N)cc2)c(C#N)c2ccc(C(=O)N3CCN(c4ccccc4)CC3)cc21. The Hall–Kier alpha value is -4.24. The van der Waals surface area contributed by atoms with Crippen molar-refractivity contribution in [3.05, 3.63) is 83.9 Å². The van der Waals surface area contributed by atoms with E-state index in [2.05, 4.69) is 34.6 Å². The number of hydrogen-bond donors (Lipinski definition) is 1. The minimum absolute atomic E-state index is 0.0333. The summed E-state index contributed by atoms with van der Waals surface area (Å²) in [4.78, 5) is 17.6. The molecule has 6 nitrogen and oxygen atoms in total. The summed E-state index contributed by atoms with van der Waals surface area (Å²) in [5.41, 5.74) is 11.7. The van der Waals surface area contributed by atoms with Crippen LogP contribution in [0, 0.1) is 11.3 Å². The molecule has 0 spiro atoms. The molecule has 0 bridgehead atoms. The van der Waals surface area contributed by atoms with Crippen molar-refractivity contribution in [1.29, 1.82) is 5.26 Å². The van der Waals surface area contributed by atoms with Gasteiger partial charge in [0, 0.05) is 55.0 Å². The third-order valence-electron chi connectivity index (χ3n) is 6.61. The fourth-order valence-corrected chi connectivity index (χ4v) is 4.85. The number of fused-ring (bicyclic) bond motifs is 1. The van der Waals surface area contributed by atoms with Gasteiger partial charge in [0.25, 0.3) is 5.91 Å². The second-order valence-corrected chi connectivity index (χ2v) is 8.55. The number of nitrogen functional groups attached to an aromatic ring is 1. The standard InChI is InChI=1S/C28H27N5O/c1-2-33-26-18-21(28(34)32-16-14-31(15-17-32)23-6-4-3-5-7-23)10-13-24(26)25(19-29)27(33)20-8-11-22(30)12-9-20/h3-13,18H,2,14-17,30H2,1H3. The summed E-state index contributed by atoms with van der Waals surface area (Å²) < 4.78 is 2.11. The first-order chi connectivity index (χ1) is 16.6. The zero-order chi connectivity index (χ0) is 23.7. The van der Waals surface area contributed by atoms with Gasteiger partial charge in [0.15, 0.2) is 0 Å². The molecule has 0 saturated carbocycles. The van der Waals surface area contributed by atoms with Crippen LogP contribution in [0.25, 0.3) is 22.2 Å². The topological polar surface area (TPSA) is 78.3 Å². The number of rotatable bonds is 4. The molecule has 0 radical (unpaired) electrons. The van der Waals surface area contributed by atoms with Crippen LogP contribution in [0.1, 0.15) is 22.8 Å². The van der Waals surface area contributed by atoms with Crippen LogP contribution < -0.4 is 10.6 Å². The molecule has 6 heteroatoms. The van der Waals surface area contributed by atoms with Crippen molar-refractivity contribution in [3.63, 3.8) is 0 Å². The highest BCUT2D eigenvalue weighted by molar-refractivity contribution is 6.01. The van der Waals surface area contributed by atoms with Crippen LogP contribution in [0.2, 0.25) is 0 Å². The molecule has 0 unspecified atom stereocenters. The number of aromatic nitrogens is 1. The average molecular weight is 450 g/mol. The van der Waals surface area contributed by atoms with E-state index in [0.29, 0.717) is 36.4 Å². The first-order valence-electron chi connectivity index (χ1n) is 11.6. The quantitative estimate of drug-likeness (QED) is 0.456. The number of nitrogens with two attached hydrogens (primary N) is 1. The Morgan fingerprint density at radius 1 is 0.971 bits per heavy atom. The van der Waals surface area contributed by atoms with Crippen molar-refractivity contribution < 1.29 is 4.79 Å².